The van der Waals surface area contributed by atoms with Gasteiger partial charge in [0.05, 0.1) is 0 Å². The lowest BCUT2D eigenvalue weighted by molar-refractivity contribution is -0.764. The van der Waals surface area contributed by atoms with Gasteiger partial charge in [-0.15, -0.1) is 0 Å². The van der Waals surface area contributed by atoms with Crippen LogP contribution in [0.2, 0.25) is 0 Å². The number of hydrogen-bond acceptors (Lipinski definition) is 4. The molecular weight excluding hydrogens is 182 g/mol. The highest BCUT2D eigenvalue weighted by Crippen LogP contribution is 1.94. The van der Waals surface area contributed by atoms with Crippen LogP contribution in [0.15, 0.2) is 10.7 Å². The van der Waals surface area contributed by atoms with Crippen LogP contribution >= 0.6 is 0 Å². The Hall–Kier alpha value is -1.30. The zero-order valence-corrected chi connectivity index (χ0v) is 8.31. The molecule has 6 nitrogen and oxygen atoms in total. The van der Waals surface area contributed by atoms with Crippen molar-refractivity contribution in [3.05, 3.63) is 11.8 Å². The molecule has 0 amide bonds. The van der Waals surface area contributed by atoms with Crippen molar-refractivity contribution in [2.45, 2.75) is 6.92 Å². The monoisotopic (exact) mass is 197 g/mol. The lowest BCUT2D eigenvalue weighted by Crippen LogP contribution is -2.66. The highest BCUT2D eigenvalue weighted by molar-refractivity contribution is 4.79. The van der Waals surface area contributed by atoms with Crippen molar-refractivity contribution in [1.82, 2.24) is 10.2 Å². The van der Waals surface area contributed by atoms with Crippen LogP contribution in [-0.4, -0.2) is 37.6 Å². The molecule has 1 aliphatic heterocycles. The predicted octanol–water partition coefficient (Wildman–Crippen LogP) is -1.72. The minimum Gasteiger partial charge on any atom is -0.380 e. The summed E-state index contributed by atoms with van der Waals surface area (Å²) >= 11 is 0. The molecule has 0 radical (unpaired) electrons. The van der Waals surface area contributed by atoms with E-state index < -0.39 is 0 Å². The summed E-state index contributed by atoms with van der Waals surface area (Å²) in [6, 6.07) is 0. The molecule has 14 heavy (non-hydrogen) atoms. The number of rotatable bonds is 2. The van der Waals surface area contributed by atoms with E-state index in [-0.39, 0.29) is 5.55 Å². The smallest absolute Gasteiger partial charge is 0.286 e. The average molecular weight is 197 g/mol. The van der Waals surface area contributed by atoms with Crippen LogP contribution in [-0.2, 0) is 0 Å². The van der Waals surface area contributed by atoms with E-state index in [1.54, 1.807) is 11.0 Å². The molecule has 1 saturated heterocycles. The molecule has 0 bridgehead atoms. The third-order valence-corrected chi connectivity index (χ3v) is 2.54. The van der Waals surface area contributed by atoms with Crippen LogP contribution in [0, 0.1) is 5.41 Å². The topological polar surface area (TPSA) is 61.5 Å². The van der Waals surface area contributed by atoms with Crippen LogP contribution in [0.25, 0.3) is 0 Å². The molecule has 1 aliphatic rings. The zero-order valence-electron chi connectivity index (χ0n) is 8.31. The molecular formula is C8H15N5O. The second-order valence-electron chi connectivity index (χ2n) is 3.37. The number of likely N-dealkylation sites (N-methyl/N-ethyl adjacent to an activating group) is 1. The quantitative estimate of drug-likeness (QED) is 0.573. The van der Waals surface area contributed by atoms with Gasteiger partial charge in [0.2, 0.25) is 0 Å². The van der Waals surface area contributed by atoms with Gasteiger partial charge in [0.15, 0.2) is 0 Å². The molecule has 0 aliphatic carbocycles. The van der Waals surface area contributed by atoms with Gasteiger partial charge in [0.25, 0.3) is 11.8 Å². The first kappa shape index (κ1) is 9.26. The van der Waals surface area contributed by atoms with Gasteiger partial charge >= 0.3 is 0 Å². The van der Waals surface area contributed by atoms with Gasteiger partial charge in [-0.25, -0.2) is 0 Å². The third kappa shape index (κ3) is 1.79. The maximum atomic E-state index is 7.22. The van der Waals surface area contributed by atoms with Crippen LogP contribution in [0.4, 0.5) is 0 Å². The molecule has 1 aromatic heterocycles. The molecule has 0 saturated carbocycles. The molecule has 0 spiro atoms. The van der Waals surface area contributed by atoms with E-state index in [4.69, 9.17) is 9.93 Å². The van der Waals surface area contributed by atoms with Gasteiger partial charge < -0.3 is 9.42 Å². The molecule has 78 valence electrons. The lowest BCUT2D eigenvalue weighted by Gasteiger charge is -2.34. The van der Waals surface area contributed by atoms with Crippen molar-refractivity contribution in [1.29, 1.82) is 5.41 Å². The van der Waals surface area contributed by atoms with Gasteiger partial charge in [-0.1, -0.05) is 11.7 Å². The summed E-state index contributed by atoms with van der Waals surface area (Å²) in [6.07, 6.45) is 1.58. The van der Waals surface area contributed by atoms with E-state index in [1.807, 2.05) is 0 Å². The van der Waals surface area contributed by atoms with E-state index in [0.717, 1.165) is 32.7 Å². The van der Waals surface area contributed by atoms with Crippen molar-refractivity contribution in [2.24, 2.45) is 0 Å². The van der Waals surface area contributed by atoms with Gasteiger partial charge in [0.1, 0.15) is 0 Å². The maximum absolute atomic E-state index is 7.22. The van der Waals surface area contributed by atoms with Gasteiger partial charge in [-0.2, -0.15) is 0 Å². The number of piperazine rings is 1. The summed E-state index contributed by atoms with van der Waals surface area (Å²) in [7, 11) is 0. The fraction of sp³-hybridized carbons (Fsp3) is 0.750. The highest BCUT2D eigenvalue weighted by atomic mass is 16.5. The minimum absolute atomic E-state index is 0.0999. The Morgan fingerprint density at radius 1 is 1.50 bits per heavy atom. The normalized spacial score (nSPS) is 18.8. The number of nitrogens with one attached hydrogen (secondary N) is 1. The van der Waals surface area contributed by atoms with E-state index >= 15 is 0 Å². The lowest BCUT2D eigenvalue weighted by atomic mass is 10.3. The summed E-state index contributed by atoms with van der Waals surface area (Å²) in [4.78, 5) is 4.01. The standard InChI is InChI=1S/C8H15N5O/c1-2-11-3-5-12(6-4-11)13-7-8(9)14-10-13/h7,9H,2-6H2,1H3. The summed E-state index contributed by atoms with van der Waals surface area (Å²) < 4.78 is 4.70. The molecule has 6 heteroatoms. The number of aromatic nitrogens is 2. The summed E-state index contributed by atoms with van der Waals surface area (Å²) in [6.45, 7) is 7.23. The fourth-order valence-corrected chi connectivity index (χ4v) is 1.63. The molecule has 2 rings (SSSR count). The SMILES string of the molecule is CCN1CCN([n+]2cc(=N)o[n-]2)CC1. The van der Waals surface area contributed by atoms with E-state index in [9.17, 15) is 0 Å². The Labute approximate surface area is 82.2 Å². The Balaban J connectivity index is 1.98. The Kier molecular flexibility index (Phi) is 2.53. The van der Waals surface area contributed by atoms with E-state index in [2.05, 4.69) is 22.1 Å². The summed E-state index contributed by atoms with van der Waals surface area (Å²) in [5, 5.41) is 13.1. The first-order chi connectivity index (χ1) is 6.79. The van der Waals surface area contributed by atoms with Crippen molar-refractivity contribution in [3.63, 3.8) is 0 Å². The molecule has 0 aromatic carbocycles. The largest absolute Gasteiger partial charge is 0.380 e. The first-order valence-electron chi connectivity index (χ1n) is 4.87. The molecule has 0 unspecified atom stereocenters. The molecule has 1 aromatic rings. The van der Waals surface area contributed by atoms with Gasteiger partial charge in [-0.05, 0) is 11.8 Å². The van der Waals surface area contributed by atoms with Crippen molar-refractivity contribution in [2.75, 3.05) is 37.7 Å². The Morgan fingerprint density at radius 2 is 2.21 bits per heavy atom. The van der Waals surface area contributed by atoms with Crippen LogP contribution in [0.5, 0.6) is 0 Å². The van der Waals surface area contributed by atoms with E-state index in [0.29, 0.717) is 0 Å². The first-order valence-corrected chi connectivity index (χ1v) is 4.87. The highest BCUT2D eigenvalue weighted by Gasteiger charge is 2.16. The molecule has 0 atom stereocenters. The second kappa shape index (κ2) is 3.83. The average Bonchev–Trinajstić information content (AvgIpc) is 2.65. The maximum Gasteiger partial charge on any atom is 0.286 e. The van der Waals surface area contributed by atoms with Crippen molar-refractivity contribution >= 4 is 0 Å². The van der Waals surface area contributed by atoms with Crippen molar-refractivity contribution in [3.8, 4) is 0 Å². The predicted molar refractivity (Wildman–Crippen MR) is 48.1 cm³/mol. The van der Waals surface area contributed by atoms with Crippen LogP contribution < -0.4 is 20.6 Å². The number of hydrogen-bond donors (Lipinski definition) is 1. The van der Waals surface area contributed by atoms with Gasteiger partial charge in [-0.3, -0.25) is 10.4 Å². The third-order valence-electron chi connectivity index (χ3n) is 2.54. The second-order valence-corrected chi connectivity index (χ2v) is 3.37. The Morgan fingerprint density at radius 3 is 2.71 bits per heavy atom. The van der Waals surface area contributed by atoms with Crippen LogP contribution in [0.1, 0.15) is 6.92 Å². The minimum atomic E-state index is 0.0999. The van der Waals surface area contributed by atoms with Crippen molar-refractivity contribution < 1.29 is 9.31 Å². The summed E-state index contributed by atoms with van der Waals surface area (Å²) in [5.74, 6) is 0. The molecule has 2 heterocycles. The molecule has 1 N–H and O–H groups in total. The summed E-state index contributed by atoms with van der Waals surface area (Å²) in [5.41, 5.74) is 0.0999. The Bertz CT molecular complexity index is 336. The van der Waals surface area contributed by atoms with E-state index in [1.165, 1.54) is 0 Å². The number of nitrogens with zero attached hydrogens (tertiary/aromatic N) is 4. The van der Waals surface area contributed by atoms with Gasteiger partial charge in [0, 0.05) is 26.2 Å². The van der Waals surface area contributed by atoms with Crippen LogP contribution in [0.3, 0.4) is 0 Å². The fourth-order valence-electron chi connectivity index (χ4n) is 1.63. The zero-order chi connectivity index (χ0) is 9.97. The molecule has 1 fully saturated rings.